The summed E-state index contributed by atoms with van der Waals surface area (Å²) in [5.74, 6) is 0.000284. The molecule has 0 aromatic heterocycles. The van der Waals surface area contributed by atoms with E-state index in [0.717, 1.165) is 38.5 Å². The van der Waals surface area contributed by atoms with Gasteiger partial charge < -0.3 is 20.3 Å². The third-order valence-corrected chi connectivity index (χ3v) is 19.3. The molecule has 3 N–H and O–H groups in total. The average Bonchev–Trinajstić information content (AvgIpc) is 3.54. The van der Waals surface area contributed by atoms with E-state index in [1.807, 2.05) is 0 Å². The Labute approximate surface area is 546 Å². The van der Waals surface area contributed by atoms with Crippen molar-refractivity contribution in [1.82, 2.24) is 5.32 Å². The molecule has 0 radical (unpaired) electrons. The predicted octanol–water partition coefficient (Wildman–Crippen LogP) is 26.7. The molecule has 6 heteroatoms. The van der Waals surface area contributed by atoms with Crippen LogP contribution >= 0.6 is 0 Å². The van der Waals surface area contributed by atoms with Gasteiger partial charge in [-0.05, 0) is 51.4 Å². The minimum atomic E-state index is -0.659. The Bertz CT molecular complexity index is 1320. The number of nitrogens with one attached hydrogen (secondary N) is 1. The molecule has 2 unspecified atom stereocenters. The molecule has 0 aromatic carbocycles. The van der Waals surface area contributed by atoms with Crippen LogP contribution in [-0.2, 0) is 14.3 Å². The van der Waals surface area contributed by atoms with Gasteiger partial charge in [0, 0.05) is 12.8 Å². The van der Waals surface area contributed by atoms with Gasteiger partial charge in [0.15, 0.2) is 0 Å². The fourth-order valence-corrected chi connectivity index (χ4v) is 13.2. The summed E-state index contributed by atoms with van der Waals surface area (Å²) in [6, 6.07) is -0.536. The molecular formula is C81H159NO5. The largest absolute Gasteiger partial charge is 0.466 e. The number of allylic oxidation sites excluding steroid dienone is 2. The van der Waals surface area contributed by atoms with Gasteiger partial charge in [0.25, 0.3) is 0 Å². The molecule has 0 heterocycles. The molecule has 0 bridgehead atoms. The second-order valence-corrected chi connectivity index (χ2v) is 28.1. The van der Waals surface area contributed by atoms with E-state index in [2.05, 4.69) is 31.3 Å². The highest BCUT2D eigenvalue weighted by atomic mass is 16.5. The van der Waals surface area contributed by atoms with Crippen LogP contribution in [0.1, 0.15) is 470 Å². The van der Waals surface area contributed by atoms with Crippen LogP contribution in [0.15, 0.2) is 12.2 Å². The molecule has 0 spiro atoms. The molecule has 0 aliphatic rings. The second-order valence-electron chi connectivity index (χ2n) is 28.1. The average molecular weight is 1230 g/mol. The van der Waals surface area contributed by atoms with Crippen molar-refractivity contribution >= 4 is 11.9 Å². The molecule has 2 atom stereocenters. The summed E-state index contributed by atoms with van der Waals surface area (Å²) in [4.78, 5) is 24.6. The topological polar surface area (TPSA) is 95.9 Å². The minimum absolute atomic E-state index is 0.0282. The monoisotopic (exact) mass is 1230 g/mol. The number of hydrogen-bond donors (Lipinski definition) is 3. The summed E-state index contributed by atoms with van der Waals surface area (Å²) in [5, 5.41) is 23.3. The van der Waals surface area contributed by atoms with E-state index in [1.54, 1.807) is 0 Å². The van der Waals surface area contributed by atoms with E-state index < -0.39 is 12.1 Å². The maximum absolute atomic E-state index is 12.5. The Morgan fingerprint density at radius 3 is 0.816 bits per heavy atom. The standard InChI is InChI=1S/C81H159NO5/c1-3-5-7-9-11-13-15-17-18-19-41-45-48-51-55-59-63-67-71-75-81(86)87-76-72-68-64-60-56-52-49-46-43-40-38-36-34-32-30-28-26-24-22-20-21-23-25-27-29-31-33-35-37-39-42-44-47-50-54-58-62-66-70-74-80(85)82-78(77-83)79(84)73-69-65-61-57-53-16-14-12-10-8-6-4-2/h20-21,78-79,83-84H,3-19,22-77H2,1-2H3,(H,82,85)/b21-20-. The molecule has 0 aliphatic heterocycles. The van der Waals surface area contributed by atoms with Crippen LogP contribution in [0.5, 0.6) is 0 Å². The zero-order chi connectivity index (χ0) is 62.8. The van der Waals surface area contributed by atoms with Crippen molar-refractivity contribution in [1.29, 1.82) is 0 Å². The zero-order valence-electron chi connectivity index (χ0n) is 59.5. The molecule has 0 fully saturated rings. The van der Waals surface area contributed by atoms with Crippen LogP contribution in [0.25, 0.3) is 0 Å². The van der Waals surface area contributed by atoms with Gasteiger partial charge in [0.05, 0.1) is 25.4 Å². The van der Waals surface area contributed by atoms with Crippen molar-refractivity contribution in [2.75, 3.05) is 13.2 Å². The summed E-state index contributed by atoms with van der Waals surface area (Å²) < 4.78 is 5.52. The molecule has 0 rings (SSSR count). The maximum Gasteiger partial charge on any atom is 0.305 e. The molecule has 0 saturated carbocycles. The number of unbranched alkanes of at least 4 members (excludes halogenated alkanes) is 64. The highest BCUT2D eigenvalue weighted by molar-refractivity contribution is 5.76. The first-order valence-corrected chi connectivity index (χ1v) is 40.4. The van der Waals surface area contributed by atoms with E-state index in [-0.39, 0.29) is 18.5 Å². The summed E-state index contributed by atoms with van der Waals surface area (Å²) >= 11 is 0. The number of carbonyl (C=O) groups excluding carboxylic acids is 2. The SMILES string of the molecule is CCCCCCCCCCCCCCCCCCCCCC(=O)OCCCCCCCCCCCCCCCCCCCC/C=C\CCCCCCCCCCCCCCCCCCCC(=O)NC(CO)C(O)CCCCCCCCCCCCCC. The highest BCUT2D eigenvalue weighted by Gasteiger charge is 2.20. The Balaban J connectivity index is 3.28. The highest BCUT2D eigenvalue weighted by Crippen LogP contribution is 2.20. The molecule has 0 saturated heterocycles. The lowest BCUT2D eigenvalue weighted by Crippen LogP contribution is -2.45. The number of aliphatic hydroxyl groups is 2. The van der Waals surface area contributed by atoms with Crippen LogP contribution in [0.3, 0.4) is 0 Å². The molecule has 1 amide bonds. The lowest BCUT2D eigenvalue weighted by molar-refractivity contribution is -0.143. The normalized spacial score (nSPS) is 12.5. The van der Waals surface area contributed by atoms with Gasteiger partial charge in [0.2, 0.25) is 5.91 Å². The number of amides is 1. The molecule has 87 heavy (non-hydrogen) atoms. The third kappa shape index (κ3) is 73.5. The fourth-order valence-electron chi connectivity index (χ4n) is 13.2. The first-order chi connectivity index (χ1) is 43.0. The molecule has 6 nitrogen and oxygen atoms in total. The Morgan fingerprint density at radius 2 is 0.540 bits per heavy atom. The first-order valence-electron chi connectivity index (χ1n) is 40.4. The maximum atomic E-state index is 12.5. The van der Waals surface area contributed by atoms with Gasteiger partial charge in [0.1, 0.15) is 0 Å². The van der Waals surface area contributed by atoms with E-state index in [0.29, 0.717) is 25.9 Å². The summed E-state index contributed by atoms with van der Waals surface area (Å²) in [7, 11) is 0. The third-order valence-electron chi connectivity index (χ3n) is 19.3. The van der Waals surface area contributed by atoms with Crippen molar-refractivity contribution in [2.24, 2.45) is 0 Å². The number of hydrogen-bond acceptors (Lipinski definition) is 5. The molecule has 0 aromatic rings. The predicted molar refractivity (Wildman–Crippen MR) is 384 cm³/mol. The van der Waals surface area contributed by atoms with Crippen molar-refractivity contribution in [3.8, 4) is 0 Å². The van der Waals surface area contributed by atoms with Crippen molar-refractivity contribution in [2.45, 2.75) is 482 Å². The Hall–Kier alpha value is -1.40. The summed E-state index contributed by atoms with van der Waals surface area (Å²) in [5.41, 5.74) is 0. The molecular weight excluding hydrogens is 1070 g/mol. The van der Waals surface area contributed by atoms with Gasteiger partial charge in [-0.1, -0.05) is 418 Å². The van der Waals surface area contributed by atoms with Crippen molar-refractivity contribution in [3.63, 3.8) is 0 Å². The van der Waals surface area contributed by atoms with E-state index in [1.165, 1.54) is 398 Å². The number of ether oxygens (including phenoxy) is 1. The Kier molecular flexibility index (Phi) is 75.8. The quantitative estimate of drug-likeness (QED) is 0.0320. The van der Waals surface area contributed by atoms with Crippen LogP contribution in [0, 0.1) is 0 Å². The fraction of sp³-hybridized carbons (Fsp3) is 0.951. The summed E-state index contributed by atoms with van der Waals surface area (Å²) in [6.45, 7) is 5.00. The molecule has 518 valence electrons. The van der Waals surface area contributed by atoms with E-state index in [4.69, 9.17) is 4.74 Å². The summed E-state index contributed by atoms with van der Waals surface area (Å²) in [6.07, 6.45) is 97.6. The second kappa shape index (κ2) is 77.1. The first kappa shape index (κ1) is 85.6. The number of rotatable bonds is 77. The zero-order valence-corrected chi connectivity index (χ0v) is 59.5. The van der Waals surface area contributed by atoms with Gasteiger partial charge in [-0.15, -0.1) is 0 Å². The van der Waals surface area contributed by atoms with Crippen LogP contribution in [0.4, 0.5) is 0 Å². The number of aliphatic hydroxyl groups excluding tert-OH is 2. The lowest BCUT2D eigenvalue weighted by Gasteiger charge is -2.22. The van der Waals surface area contributed by atoms with Crippen LogP contribution < -0.4 is 5.32 Å². The van der Waals surface area contributed by atoms with Gasteiger partial charge in [-0.2, -0.15) is 0 Å². The Morgan fingerprint density at radius 1 is 0.310 bits per heavy atom. The minimum Gasteiger partial charge on any atom is -0.466 e. The van der Waals surface area contributed by atoms with Crippen molar-refractivity contribution in [3.05, 3.63) is 12.2 Å². The van der Waals surface area contributed by atoms with Gasteiger partial charge in [-0.3, -0.25) is 9.59 Å². The number of esters is 1. The lowest BCUT2D eigenvalue weighted by atomic mass is 10.0. The van der Waals surface area contributed by atoms with Gasteiger partial charge >= 0.3 is 5.97 Å². The molecule has 0 aliphatic carbocycles. The van der Waals surface area contributed by atoms with E-state index in [9.17, 15) is 19.8 Å². The van der Waals surface area contributed by atoms with Crippen LogP contribution in [-0.4, -0.2) is 47.4 Å². The van der Waals surface area contributed by atoms with E-state index >= 15 is 0 Å². The number of carbonyl (C=O) groups is 2. The van der Waals surface area contributed by atoms with Crippen LogP contribution in [0.2, 0.25) is 0 Å². The smallest absolute Gasteiger partial charge is 0.305 e. The van der Waals surface area contributed by atoms with Gasteiger partial charge in [-0.25, -0.2) is 0 Å². The van der Waals surface area contributed by atoms with Crippen molar-refractivity contribution < 1.29 is 24.5 Å².